The maximum Gasteiger partial charge on any atom is 0.239 e. The highest BCUT2D eigenvalue weighted by atomic mass is 16.5. The lowest BCUT2D eigenvalue weighted by Crippen LogP contribution is -2.47. The zero-order valence-corrected chi connectivity index (χ0v) is 11.2. The van der Waals surface area contributed by atoms with Gasteiger partial charge in [-0.1, -0.05) is 0 Å². The number of ether oxygens (including phenoxy) is 1. The molecule has 2 unspecified atom stereocenters. The Bertz CT molecular complexity index is 279. The van der Waals surface area contributed by atoms with E-state index in [9.17, 15) is 4.79 Å². The second-order valence-corrected chi connectivity index (χ2v) is 5.27. The van der Waals surface area contributed by atoms with E-state index in [-0.39, 0.29) is 24.7 Å². The molecule has 0 radical (unpaired) electrons. The summed E-state index contributed by atoms with van der Waals surface area (Å²) < 4.78 is 5.66. The first kappa shape index (κ1) is 13.8. The fourth-order valence-corrected chi connectivity index (χ4v) is 2.88. The minimum atomic E-state index is -0.174. The normalized spacial score (nSPS) is 30.8. The van der Waals surface area contributed by atoms with Gasteiger partial charge in [0.25, 0.3) is 0 Å². The number of aliphatic hydroxyl groups is 1. The van der Waals surface area contributed by atoms with Crippen LogP contribution in [-0.4, -0.2) is 72.9 Å². The van der Waals surface area contributed by atoms with E-state index in [4.69, 9.17) is 9.84 Å². The van der Waals surface area contributed by atoms with Crippen molar-refractivity contribution in [2.75, 3.05) is 39.9 Å². The summed E-state index contributed by atoms with van der Waals surface area (Å²) in [4.78, 5) is 16.2. The molecule has 2 heterocycles. The molecule has 0 saturated carbocycles. The third kappa shape index (κ3) is 3.22. The van der Waals surface area contributed by atoms with Crippen LogP contribution in [0.3, 0.4) is 0 Å². The number of rotatable bonds is 4. The van der Waals surface area contributed by atoms with Crippen molar-refractivity contribution in [2.24, 2.45) is 0 Å². The predicted octanol–water partition coefficient (Wildman–Crippen LogP) is 0.0805. The van der Waals surface area contributed by atoms with Crippen molar-refractivity contribution in [1.82, 2.24) is 9.80 Å². The molecule has 0 bridgehead atoms. The molecule has 2 aliphatic heterocycles. The Labute approximate surface area is 109 Å². The summed E-state index contributed by atoms with van der Waals surface area (Å²) in [5.74, 6) is 0.138. The molecule has 0 spiro atoms. The Kier molecular flexibility index (Phi) is 4.97. The van der Waals surface area contributed by atoms with E-state index in [1.807, 2.05) is 7.05 Å². The SMILES string of the molecule is CN1CCCN(CC2CCCO2)C(CCO)C1=O. The van der Waals surface area contributed by atoms with Crippen LogP contribution in [-0.2, 0) is 9.53 Å². The van der Waals surface area contributed by atoms with Crippen molar-refractivity contribution < 1.29 is 14.6 Å². The average Bonchev–Trinajstić information content (AvgIpc) is 2.82. The minimum absolute atomic E-state index is 0.0618. The van der Waals surface area contributed by atoms with E-state index in [1.54, 1.807) is 4.90 Å². The molecule has 0 aromatic heterocycles. The highest BCUT2D eigenvalue weighted by Gasteiger charge is 2.32. The third-order valence-electron chi connectivity index (χ3n) is 3.91. The molecule has 1 N–H and O–H groups in total. The first-order valence-corrected chi connectivity index (χ1v) is 6.94. The van der Waals surface area contributed by atoms with Gasteiger partial charge in [-0.05, 0) is 25.7 Å². The number of aliphatic hydroxyl groups excluding tert-OH is 1. The highest BCUT2D eigenvalue weighted by molar-refractivity contribution is 5.81. The minimum Gasteiger partial charge on any atom is -0.396 e. The lowest BCUT2D eigenvalue weighted by Gasteiger charge is -2.31. The van der Waals surface area contributed by atoms with Crippen molar-refractivity contribution in [3.8, 4) is 0 Å². The Hall–Kier alpha value is -0.650. The molecule has 5 heteroatoms. The van der Waals surface area contributed by atoms with Gasteiger partial charge >= 0.3 is 0 Å². The van der Waals surface area contributed by atoms with Gasteiger partial charge in [-0.15, -0.1) is 0 Å². The maximum absolute atomic E-state index is 12.3. The van der Waals surface area contributed by atoms with Crippen LogP contribution in [0.25, 0.3) is 0 Å². The van der Waals surface area contributed by atoms with Gasteiger partial charge in [-0.25, -0.2) is 0 Å². The molecule has 2 rings (SSSR count). The maximum atomic E-state index is 12.3. The van der Waals surface area contributed by atoms with Crippen LogP contribution in [0, 0.1) is 0 Å². The number of hydrogen-bond donors (Lipinski definition) is 1. The van der Waals surface area contributed by atoms with Crippen molar-refractivity contribution in [3.63, 3.8) is 0 Å². The van der Waals surface area contributed by atoms with Gasteiger partial charge in [0.05, 0.1) is 12.1 Å². The first-order chi connectivity index (χ1) is 8.72. The van der Waals surface area contributed by atoms with E-state index in [1.165, 1.54) is 0 Å². The van der Waals surface area contributed by atoms with Gasteiger partial charge in [-0.2, -0.15) is 0 Å². The molecule has 18 heavy (non-hydrogen) atoms. The third-order valence-corrected chi connectivity index (χ3v) is 3.91. The molecular formula is C13H24N2O3. The van der Waals surface area contributed by atoms with Crippen molar-refractivity contribution >= 4 is 5.91 Å². The van der Waals surface area contributed by atoms with Crippen molar-refractivity contribution in [2.45, 2.75) is 37.8 Å². The molecule has 2 fully saturated rings. The summed E-state index contributed by atoms with van der Waals surface area (Å²) in [5, 5.41) is 9.16. The topological polar surface area (TPSA) is 53.0 Å². The van der Waals surface area contributed by atoms with Crippen LogP contribution in [0.15, 0.2) is 0 Å². The van der Waals surface area contributed by atoms with E-state index in [0.29, 0.717) is 6.42 Å². The molecule has 2 aliphatic rings. The molecule has 0 aliphatic carbocycles. The average molecular weight is 256 g/mol. The first-order valence-electron chi connectivity index (χ1n) is 6.94. The summed E-state index contributed by atoms with van der Waals surface area (Å²) in [6, 6.07) is -0.174. The number of likely N-dealkylation sites (N-methyl/N-ethyl adjacent to an activating group) is 1. The van der Waals surface area contributed by atoms with E-state index >= 15 is 0 Å². The molecular weight excluding hydrogens is 232 g/mol. The number of nitrogens with zero attached hydrogens (tertiary/aromatic N) is 2. The highest BCUT2D eigenvalue weighted by Crippen LogP contribution is 2.19. The van der Waals surface area contributed by atoms with Gasteiger partial charge in [0.15, 0.2) is 0 Å². The number of carbonyl (C=O) groups is 1. The fraction of sp³-hybridized carbons (Fsp3) is 0.923. The number of amides is 1. The largest absolute Gasteiger partial charge is 0.396 e. The number of carbonyl (C=O) groups excluding carboxylic acids is 1. The molecule has 1 amide bonds. The van der Waals surface area contributed by atoms with Crippen LogP contribution in [0.1, 0.15) is 25.7 Å². The van der Waals surface area contributed by atoms with Crippen LogP contribution >= 0.6 is 0 Å². The summed E-state index contributed by atoms with van der Waals surface area (Å²) in [6.07, 6.45) is 4.00. The Balaban J connectivity index is 2.01. The monoisotopic (exact) mass is 256 g/mol. The zero-order valence-electron chi connectivity index (χ0n) is 11.2. The summed E-state index contributed by atoms with van der Waals surface area (Å²) in [7, 11) is 1.85. The summed E-state index contributed by atoms with van der Waals surface area (Å²) in [6.45, 7) is 3.46. The molecule has 5 nitrogen and oxygen atoms in total. The lowest BCUT2D eigenvalue weighted by atomic mass is 10.1. The summed E-state index contributed by atoms with van der Waals surface area (Å²) >= 11 is 0. The van der Waals surface area contributed by atoms with Gasteiger partial charge < -0.3 is 14.7 Å². The summed E-state index contributed by atoms with van der Waals surface area (Å²) in [5.41, 5.74) is 0. The standard InChI is InChI=1S/C13H24N2O3/c1-14-6-3-7-15(10-11-4-2-9-18-11)12(5-8-16)13(14)17/h11-12,16H,2-10H2,1H3. The van der Waals surface area contributed by atoms with E-state index < -0.39 is 0 Å². The van der Waals surface area contributed by atoms with Gasteiger partial charge in [0.1, 0.15) is 0 Å². The van der Waals surface area contributed by atoms with Crippen LogP contribution in [0.2, 0.25) is 0 Å². The molecule has 2 atom stereocenters. The fourth-order valence-electron chi connectivity index (χ4n) is 2.88. The van der Waals surface area contributed by atoms with Crippen molar-refractivity contribution in [1.29, 1.82) is 0 Å². The van der Waals surface area contributed by atoms with Gasteiger partial charge in [-0.3, -0.25) is 9.69 Å². The Morgan fingerprint density at radius 1 is 1.39 bits per heavy atom. The molecule has 0 aromatic rings. The Morgan fingerprint density at radius 3 is 2.89 bits per heavy atom. The zero-order chi connectivity index (χ0) is 13.0. The predicted molar refractivity (Wildman–Crippen MR) is 68.3 cm³/mol. The van der Waals surface area contributed by atoms with Crippen LogP contribution in [0.5, 0.6) is 0 Å². The quantitative estimate of drug-likeness (QED) is 0.774. The number of hydrogen-bond acceptors (Lipinski definition) is 4. The molecule has 104 valence electrons. The van der Waals surface area contributed by atoms with E-state index in [0.717, 1.165) is 45.5 Å². The lowest BCUT2D eigenvalue weighted by molar-refractivity contribution is -0.135. The van der Waals surface area contributed by atoms with Gasteiger partial charge in [0, 0.05) is 39.9 Å². The van der Waals surface area contributed by atoms with Crippen LogP contribution in [0.4, 0.5) is 0 Å². The van der Waals surface area contributed by atoms with Gasteiger partial charge in [0.2, 0.25) is 5.91 Å². The Morgan fingerprint density at radius 2 is 2.22 bits per heavy atom. The van der Waals surface area contributed by atoms with E-state index in [2.05, 4.69) is 4.90 Å². The van der Waals surface area contributed by atoms with Crippen LogP contribution < -0.4 is 0 Å². The smallest absolute Gasteiger partial charge is 0.239 e. The second kappa shape index (κ2) is 6.50. The second-order valence-electron chi connectivity index (χ2n) is 5.27. The molecule has 2 saturated heterocycles. The van der Waals surface area contributed by atoms with Crippen molar-refractivity contribution in [3.05, 3.63) is 0 Å². The molecule has 0 aromatic carbocycles.